The van der Waals surface area contributed by atoms with Gasteiger partial charge in [0.1, 0.15) is 0 Å². The predicted molar refractivity (Wildman–Crippen MR) is 81.7 cm³/mol. The molecule has 4 rings (SSSR count). The van der Waals surface area contributed by atoms with Crippen molar-refractivity contribution >= 4 is 21.9 Å². The highest BCUT2D eigenvalue weighted by Gasteiger charge is 2.12. The summed E-state index contributed by atoms with van der Waals surface area (Å²) in [6.45, 7) is 2.01. The van der Waals surface area contributed by atoms with Crippen LogP contribution in [0.3, 0.4) is 0 Å². The van der Waals surface area contributed by atoms with Crippen molar-refractivity contribution < 1.29 is 0 Å². The first kappa shape index (κ1) is 11.8. The summed E-state index contributed by atoms with van der Waals surface area (Å²) in [4.78, 5) is 12.5. The topological polar surface area (TPSA) is 63.6 Å². The van der Waals surface area contributed by atoms with Crippen molar-refractivity contribution in [3.05, 3.63) is 64.4 Å². The standard InChI is InChI=1S/C16H12N4O/c1-10-6-8-11(9-7-10)20-16(21)15-14(19-20)12-4-2-3-5-13(12)17-18-15/h2-9,19H,1H3. The van der Waals surface area contributed by atoms with Crippen LogP contribution in [0, 0.1) is 6.92 Å². The first-order valence-corrected chi connectivity index (χ1v) is 6.67. The summed E-state index contributed by atoms with van der Waals surface area (Å²) in [5, 5.41) is 12.2. The molecule has 0 radical (unpaired) electrons. The molecule has 102 valence electrons. The van der Waals surface area contributed by atoms with Gasteiger partial charge in [-0.1, -0.05) is 35.9 Å². The van der Waals surface area contributed by atoms with Gasteiger partial charge in [0.15, 0.2) is 5.52 Å². The van der Waals surface area contributed by atoms with E-state index in [0.29, 0.717) is 11.0 Å². The fourth-order valence-electron chi connectivity index (χ4n) is 2.46. The molecule has 0 aliphatic carbocycles. The molecule has 2 aromatic carbocycles. The van der Waals surface area contributed by atoms with Crippen molar-refractivity contribution in [2.75, 3.05) is 0 Å². The summed E-state index contributed by atoms with van der Waals surface area (Å²) in [6.07, 6.45) is 0. The molecule has 0 fully saturated rings. The van der Waals surface area contributed by atoms with E-state index in [1.807, 2.05) is 55.5 Å². The number of H-pyrrole nitrogens is 1. The highest BCUT2D eigenvalue weighted by atomic mass is 16.1. The van der Waals surface area contributed by atoms with E-state index in [2.05, 4.69) is 15.3 Å². The SMILES string of the molecule is Cc1ccc(-n2[nH]c3c(nnc4ccccc43)c2=O)cc1. The molecule has 21 heavy (non-hydrogen) atoms. The predicted octanol–water partition coefficient (Wildman–Crippen LogP) is 2.57. The first-order chi connectivity index (χ1) is 10.2. The van der Waals surface area contributed by atoms with Crippen molar-refractivity contribution in [3.63, 3.8) is 0 Å². The average molecular weight is 276 g/mol. The van der Waals surface area contributed by atoms with Crippen LogP contribution in [-0.4, -0.2) is 20.0 Å². The van der Waals surface area contributed by atoms with Gasteiger partial charge in [-0.3, -0.25) is 9.89 Å². The Bertz CT molecular complexity index is 1010. The summed E-state index contributed by atoms with van der Waals surface area (Å²) in [6, 6.07) is 15.4. The first-order valence-electron chi connectivity index (χ1n) is 6.67. The molecule has 0 aliphatic rings. The maximum Gasteiger partial charge on any atom is 0.299 e. The number of nitrogens with one attached hydrogen (secondary N) is 1. The molecular weight excluding hydrogens is 264 g/mol. The summed E-state index contributed by atoms with van der Waals surface area (Å²) in [5.41, 5.74) is 3.58. The van der Waals surface area contributed by atoms with Crippen molar-refractivity contribution in [3.8, 4) is 5.69 Å². The van der Waals surface area contributed by atoms with Gasteiger partial charge < -0.3 is 0 Å². The molecule has 2 aromatic heterocycles. The zero-order valence-corrected chi connectivity index (χ0v) is 11.4. The van der Waals surface area contributed by atoms with Crippen molar-refractivity contribution in [1.82, 2.24) is 20.0 Å². The molecule has 0 amide bonds. The second kappa shape index (κ2) is 4.28. The smallest absolute Gasteiger partial charge is 0.288 e. The van der Waals surface area contributed by atoms with Crippen LogP contribution in [0.1, 0.15) is 5.56 Å². The molecule has 4 aromatic rings. The highest BCUT2D eigenvalue weighted by molar-refractivity contribution is 6.00. The van der Waals surface area contributed by atoms with Crippen LogP contribution in [0.5, 0.6) is 0 Å². The average Bonchev–Trinajstić information content (AvgIpc) is 2.86. The van der Waals surface area contributed by atoms with Crippen LogP contribution in [-0.2, 0) is 0 Å². The van der Waals surface area contributed by atoms with E-state index in [0.717, 1.165) is 22.2 Å². The second-order valence-electron chi connectivity index (χ2n) is 5.03. The minimum atomic E-state index is -0.188. The van der Waals surface area contributed by atoms with Gasteiger partial charge in [-0.15, -0.1) is 10.2 Å². The largest absolute Gasteiger partial charge is 0.299 e. The van der Waals surface area contributed by atoms with Gasteiger partial charge in [-0.25, -0.2) is 4.68 Å². The van der Waals surface area contributed by atoms with E-state index in [4.69, 9.17) is 0 Å². The molecule has 5 heteroatoms. The number of aryl methyl sites for hydroxylation is 1. The molecule has 5 nitrogen and oxygen atoms in total. The van der Waals surface area contributed by atoms with Crippen molar-refractivity contribution in [2.24, 2.45) is 0 Å². The number of aromatic nitrogens is 4. The van der Waals surface area contributed by atoms with E-state index >= 15 is 0 Å². The molecule has 0 atom stereocenters. The Labute approximate surface area is 119 Å². The number of aromatic amines is 1. The number of nitrogens with zero attached hydrogens (tertiary/aromatic N) is 3. The molecule has 1 N–H and O–H groups in total. The molecule has 0 unspecified atom stereocenters. The van der Waals surface area contributed by atoms with Crippen molar-refractivity contribution in [1.29, 1.82) is 0 Å². The third-order valence-electron chi connectivity index (χ3n) is 3.59. The van der Waals surface area contributed by atoms with Crippen LogP contribution in [0.2, 0.25) is 0 Å². The zero-order chi connectivity index (χ0) is 14.4. The fraction of sp³-hybridized carbons (Fsp3) is 0.0625. The van der Waals surface area contributed by atoms with E-state index in [1.165, 1.54) is 4.68 Å². The fourth-order valence-corrected chi connectivity index (χ4v) is 2.46. The van der Waals surface area contributed by atoms with Gasteiger partial charge in [0.2, 0.25) is 0 Å². The van der Waals surface area contributed by atoms with Crippen LogP contribution in [0.15, 0.2) is 53.3 Å². The minimum absolute atomic E-state index is 0.188. The molecule has 0 saturated carbocycles. The lowest BCUT2D eigenvalue weighted by Gasteiger charge is -2.01. The van der Waals surface area contributed by atoms with Gasteiger partial charge in [0, 0.05) is 5.39 Å². The number of hydrogen-bond donors (Lipinski definition) is 1. The summed E-state index contributed by atoms with van der Waals surface area (Å²) in [5.74, 6) is 0. The number of fused-ring (bicyclic) bond motifs is 3. The normalized spacial score (nSPS) is 11.3. The Morgan fingerprint density at radius 1 is 1.00 bits per heavy atom. The lowest BCUT2D eigenvalue weighted by atomic mass is 10.2. The number of hydrogen-bond acceptors (Lipinski definition) is 3. The lowest BCUT2D eigenvalue weighted by molar-refractivity contribution is 0.863. The van der Waals surface area contributed by atoms with Gasteiger partial charge >= 0.3 is 0 Å². The van der Waals surface area contributed by atoms with Gasteiger partial charge in [0.25, 0.3) is 5.56 Å². The molecule has 0 aliphatic heterocycles. The number of rotatable bonds is 1. The molecule has 0 spiro atoms. The van der Waals surface area contributed by atoms with Crippen LogP contribution < -0.4 is 5.56 Å². The van der Waals surface area contributed by atoms with E-state index in [-0.39, 0.29) is 5.56 Å². The summed E-state index contributed by atoms with van der Waals surface area (Å²) < 4.78 is 1.51. The summed E-state index contributed by atoms with van der Waals surface area (Å²) >= 11 is 0. The zero-order valence-electron chi connectivity index (χ0n) is 11.4. The minimum Gasteiger partial charge on any atom is -0.288 e. The number of benzene rings is 2. The lowest BCUT2D eigenvalue weighted by Crippen LogP contribution is -2.14. The molecular formula is C16H12N4O. The van der Waals surface area contributed by atoms with E-state index < -0.39 is 0 Å². The molecule has 0 saturated heterocycles. The van der Waals surface area contributed by atoms with Gasteiger partial charge in [-0.2, -0.15) is 0 Å². The summed E-state index contributed by atoms with van der Waals surface area (Å²) in [7, 11) is 0. The monoisotopic (exact) mass is 276 g/mol. The van der Waals surface area contributed by atoms with E-state index in [9.17, 15) is 4.79 Å². The van der Waals surface area contributed by atoms with Gasteiger partial charge in [0.05, 0.1) is 16.7 Å². The molecule has 2 heterocycles. The second-order valence-corrected chi connectivity index (χ2v) is 5.03. The third-order valence-corrected chi connectivity index (χ3v) is 3.59. The van der Waals surface area contributed by atoms with Crippen LogP contribution in [0.4, 0.5) is 0 Å². The Hall–Kier alpha value is -2.95. The highest BCUT2D eigenvalue weighted by Crippen LogP contribution is 2.18. The quantitative estimate of drug-likeness (QED) is 0.581. The van der Waals surface area contributed by atoms with Crippen LogP contribution >= 0.6 is 0 Å². The maximum atomic E-state index is 12.5. The van der Waals surface area contributed by atoms with Crippen molar-refractivity contribution in [2.45, 2.75) is 6.92 Å². The maximum absolute atomic E-state index is 12.5. The Balaban J connectivity index is 2.07. The molecule has 0 bridgehead atoms. The van der Waals surface area contributed by atoms with E-state index in [1.54, 1.807) is 0 Å². The van der Waals surface area contributed by atoms with Gasteiger partial charge in [-0.05, 0) is 25.1 Å². The third kappa shape index (κ3) is 1.74. The Morgan fingerprint density at radius 3 is 2.57 bits per heavy atom. The van der Waals surface area contributed by atoms with Crippen LogP contribution in [0.25, 0.3) is 27.6 Å². The Kier molecular flexibility index (Phi) is 2.41. The Morgan fingerprint density at radius 2 is 1.76 bits per heavy atom.